The van der Waals surface area contributed by atoms with Crippen molar-refractivity contribution in [3.8, 4) is 11.8 Å². The van der Waals surface area contributed by atoms with Crippen LogP contribution in [0.25, 0.3) is 5.95 Å². The van der Waals surface area contributed by atoms with Crippen LogP contribution in [0.1, 0.15) is 0 Å². The summed E-state index contributed by atoms with van der Waals surface area (Å²) in [6.45, 7) is 0. The van der Waals surface area contributed by atoms with E-state index in [0.29, 0.717) is 21.3 Å². The molecule has 16 heavy (non-hydrogen) atoms. The molecule has 2 rings (SSSR count). The third-order valence-electron chi connectivity index (χ3n) is 1.79. The Hall–Kier alpha value is -1.34. The summed E-state index contributed by atoms with van der Waals surface area (Å²) in [5, 5.41) is 4.30. The van der Waals surface area contributed by atoms with E-state index in [0.717, 1.165) is 0 Å². The van der Waals surface area contributed by atoms with Crippen molar-refractivity contribution in [1.82, 2.24) is 19.7 Å². The number of halogens is 2. The van der Waals surface area contributed by atoms with Crippen LogP contribution < -0.4 is 10.5 Å². The zero-order valence-corrected chi connectivity index (χ0v) is 10.5. The van der Waals surface area contributed by atoms with Crippen molar-refractivity contribution in [2.45, 2.75) is 0 Å². The van der Waals surface area contributed by atoms with Gasteiger partial charge in [0.15, 0.2) is 5.82 Å². The first-order valence-electron chi connectivity index (χ1n) is 4.19. The first-order valence-corrected chi connectivity index (χ1v) is 5.36. The molecule has 84 valence electrons. The number of methoxy groups -OCH3 is 1. The van der Waals surface area contributed by atoms with Gasteiger partial charge < -0.3 is 10.5 Å². The third kappa shape index (κ3) is 1.96. The molecule has 0 aliphatic carbocycles. The minimum absolute atomic E-state index is 0.229. The summed E-state index contributed by atoms with van der Waals surface area (Å²) in [6.07, 6.45) is 3.09. The highest BCUT2D eigenvalue weighted by molar-refractivity contribution is 9.10. The summed E-state index contributed by atoms with van der Waals surface area (Å²) in [7, 11) is 1.52. The van der Waals surface area contributed by atoms with Crippen LogP contribution in [0.4, 0.5) is 5.82 Å². The number of ether oxygens (including phenoxy) is 1. The van der Waals surface area contributed by atoms with Crippen molar-refractivity contribution in [2.75, 3.05) is 12.8 Å². The Morgan fingerprint density at radius 2 is 2.31 bits per heavy atom. The summed E-state index contributed by atoms with van der Waals surface area (Å²) >= 11 is 9.03. The molecule has 0 fully saturated rings. The standard InChI is InChI=1S/C8H7BrClN5O/c1-16-7-4(9)2-12-8(13-7)15-3-5(10)6(11)14-15/h2-3H,1H3,(H2,11,14). The van der Waals surface area contributed by atoms with Gasteiger partial charge in [0, 0.05) is 0 Å². The Morgan fingerprint density at radius 1 is 1.56 bits per heavy atom. The monoisotopic (exact) mass is 303 g/mol. The molecule has 2 aromatic heterocycles. The van der Waals surface area contributed by atoms with Gasteiger partial charge in [-0.3, -0.25) is 0 Å². The Morgan fingerprint density at radius 3 is 2.88 bits per heavy atom. The maximum atomic E-state index is 5.78. The molecule has 0 aromatic carbocycles. The number of aromatic nitrogens is 4. The zero-order chi connectivity index (χ0) is 11.7. The highest BCUT2D eigenvalue weighted by atomic mass is 79.9. The molecule has 0 atom stereocenters. The Bertz CT molecular complexity index is 510. The highest BCUT2D eigenvalue weighted by Crippen LogP contribution is 2.23. The minimum Gasteiger partial charge on any atom is -0.480 e. The van der Waals surface area contributed by atoms with Gasteiger partial charge in [-0.25, -0.2) is 9.67 Å². The van der Waals surface area contributed by atoms with Crippen molar-refractivity contribution in [1.29, 1.82) is 0 Å². The number of hydrogen-bond donors (Lipinski definition) is 1. The van der Waals surface area contributed by atoms with Crippen LogP contribution in [0.5, 0.6) is 5.88 Å². The number of hydrogen-bond acceptors (Lipinski definition) is 5. The molecule has 8 heteroatoms. The van der Waals surface area contributed by atoms with Crippen LogP contribution in [0.2, 0.25) is 5.02 Å². The van der Waals surface area contributed by atoms with E-state index in [2.05, 4.69) is 31.0 Å². The molecule has 2 aromatic rings. The van der Waals surface area contributed by atoms with Crippen molar-refractivity contribution in [3.05, 3.63) is 21.9 Å². The van der Waals surface area contributed by atoms with Gasteiger partial charge in [0.25, 0.3) is 5.95 Å². The van der Waals surface area contributed by atoms with Crippen LogP contribution in [-0.4, -0.2) is 26.9 Å². The molecule has 2 heterocycles. The summed E-state index contributed by atoms with van der Waals surface area (Å²) in [5.74, 6) is 0.973. The topological polar surface area (TPSA) is 78.9 Å². The van der Waals surface area contributed by atoms with Gasteiger partial charge in [0.05, 0.1) is 24.0 Å². The summed E-state index contributed by atoms with van der Waals surface area (Å²) < 4.78 is 7.08. The smallest absolute Gasteiger partial charge is 0.253 e. The summed E-state index contributed by atoms with van der Waals surface area (Å²) in [4.78, 5) is 8.18. The maximum absolute atomic E-state index is 5.78. The van der Waals surface area contributed by atoms with E-state index in [1.165, 1.54) is 18.0 Å². The van der Waals surface area contributed by atoms with Gasteiger partial charge in [0.2, 0.25) is 5.88 Å². The molecule has 0 unspecified atom stereocenters. The van der Waals surface area contributed by atoms with Crippen LogP contribution in [0.15, 0.2) is 16.9 Å². The molecule has 0 aliphatic rings. The van der Waals surface area contributed by atoms with E-state index in [-0.39, 0.29) is 5.82 Å². The highest BCUT2D eigenvalue weighted by Gasteiger charge is 2.10. The lowest BCUT2D eigenvalue weighted by Crippen LogP contribution is -2.03. The summed E-state index contributed by atoms with van der Waals surface area (Å²) in [5.41, 5.74) is 5.52. The molecule has 0 aliphatic heterocycles. The lowest BCUT2D eigenvalue weighted by atomic mass is 10.6. The maximum Gasteiger partial charge on any atom is 0.253 e. The van der Waals surface area contributed by atoms with E-state index < -0.39 is 0 Å². The quantitative estimate of drug-likeness (QED) is 0.913. The molecule has 0 saturated carbocycles. The fraction of sp³-hybridized carbons (Fsp3) is 0.125. The molecule has 0 spiro atoms. The van der Waals surface area contributed by atoms with E-state index >= 15 is 0 Å². The lowest BCUT2D eigenvalue weighted by Gasteiger charge is -2.03. The van der Waals surface area contributed by atoms with Crippen LogP contribution in [-0.2, 0) is 0 Å². The lowest BCUT2D eigenvalue weighted by molar-refractivity contribution is 0.392. The molecule has 0 saturated heterocycles. The van der Waals surface area contributed by atoms with Gasteiger partial charge in [-0.05, 0) is 15.9 Å². The second kappa shape index (κ2) is 4.26. The predicted molar refractivity (Wildman–Crippen MR) is 62.8 cm³/mol. The van der Waals surface area contributed by atoms with E-state index in [4.69, 9.17) is 22.1 Å². The fourth-order valence-corrected chi connectivity index (χ4v) is 1.55. The van der Waals surface area contributed by atoms with Gasteiger partial charge in [-0.15, -0.1) is 5.10 Å². The van der Waals surface area contributed by atoms with Gasteiger partial charge in [0.1, 0.15) is 5.02 Å². The Balaban J connectivity index is 2.48. The minimum atomic E-state index is 0.229. The Kier molecular flexibility index (Phi) is 2.97. The van der Waals surface area contributed by atoms with Crippen molar-refractivity contribution in [3.63, 3.8) is 0 Å². The van der Waals surface area contributed by atoms with Crippen molar-refractivity contribution >= 4 is 33.3 Å². The second-order valence-electron chi connectivity index (χ2n) is 2.83. The number of nitrogen functional groups attached to an aromatic ring is 1. The SMILES string of the molecule is COc1nc(-n2cc(Cl)c(N)n2)ncc1Br. The number of nitrogens with two attached hydrogens (primary N) is 1. The van der Waals surface area contributed by atoms with Crippen LogP contribution in [0, 0.1) is 0 Å². The summed E-state index contributed by atoms with van der Waals surface area (Å²) in [6, 6.07) is 0. The van der Waals surface area contributed by atoms with Crippen LogP contribution in [0.3, 0.4) is 0 Å². The van der Waals surface area contributed by atoms with Crippen molar-refractivity contribution in [2.24, 2.45) is 0 Å². The number of anilines is 1. The molecule has 6 nitrogen and oxygen atoms in total. The first-order chi connectivity index (χ1) is 7.61. The van der Waals surface area contributed by atoms with E-state index in [1.54, 1.807) is 6.20 Å². The average Bonchev–Trinajstić information content (AvgIpc) is 2.60. The third-order valence-corrected chi connectivity index (χ3v) is 2.63. The van der Waals surface area contributed by atoms with Gasteiger partial charge in [-0.2, -0.15) is 4.98 Å². The average molecular weight is 305 g/mol. The fourth-order valence-electron chi connectivity index (χ4n) is 1.06. The van der Waals surface area contributed by atoms with Crippen LogP contribution >= 0.6 is 27.5 Å². The molecule has 0 bridgehead atoms. The molecular weight excluding hydrogens is 297 g/mol. The molecule has 0 amide bonds. The second-order valence-corrected chi connectivity index (χ2v) is 4.10. The number of nitrogens with zero attached hydrogens (tertiary/aromatic N) is 4. The first kappa shape index (κ1) is 11.2. The van der Waals surface area contributed by atoms with E-state index in [9.17, 15) is 0 Å². The molecular formula is C8H7BrClN5O. The van der Waals surface area contributed by atoms with Gasteiger partial charge >= 0.3 is 0 Å². The molecule has 0 radical (unpaired) electrons. The largest absolute Gasteiger partial charge is 0.480 e. The number of rotatable bonds is 2. The molecule has 2 N–H and O–H groups in total. The zero-order valence-electron chi connectivity index (χ0n) is 8.19. The van der Waals surface area contributed by atoms with Gasteiger partial charge in [-0.1, -0.05) is 11.6 Å². The normalized spacial score (nSPS) is 10.4. The Labute approximate surface area is 105 Å². The predicted octanol–water partition coefficient (Wildman–Crippen LogP) is 1.67. The van der Waals surface area contributed by atoms with Crippen molar-refractivity contribution < 1.29 is 4.74 Å². The van der Waals surface area contributed by atoms with E-state index in [1.807, 2.05) is 0 Å².